The number of fused-ring (bicyclic) bond motifs is 2. The normalized spacial score (nSPS) is 19.9. The monoisotopic (exact) mass is 557 g/mol. The van der Waals surface area contributed by atoms with Crippen molar-refractivity contribution in [3.8, 4) is 5.75 Å². The smallest absolute Gasteiger partial charge is 0.308 e. The molecule has 0 radical (unpaired) electrons. The molecule has 1 aromatic heterocycles. The van der Waals surface area contributed by atoms with Crippen LogP contribution in [0.4, 0.5) is 11.4 Å². The molecular formula is C29H23N3O5S2. The van der Waals surface area contributed by atoms with Gasteiger partial charge in [-0.1, -0.05) is 71.6 Å². The van der Waals surface area contributed by atoms with Gasteiger partial charge in [-0.05, 0) is 42.0 Å². The van der Waals surface area contributed by atoms with Gasteiger partial charge in [0.05, 0.1) is 23.7 Å². The van der Waals surface area contributed by atoms with Crippen molar-refractivity contribution in [3.05, 3.63) is 105 Å². The second-order valence-electron chi connectivity index (χ2n) is 9.20. The fraction of sp³-hybridized carbons (Fsp3) is 0.172. The van der Waals surface area contributed by atoms with Crippen molar-refractivity contribution >= 4 is 52.2 Å². The van der Waals surface area contributed by atoms with Crippen LogP contribution >= 0.6 is 23.1 Å². The highest BCUT2D eigenvalue weighted by atomic mass is 32.2. The number of amides is 3. The van der Waals surface area contributed by atoms with Gasteiger partial charge in [0.25, 0.3) is 0 Å². The van der Waals surface area contributed by atoms with E-state index in [4.69, 9.17) is 4.74 Å². The molecule has 0 saturated carbocycles. The molecule has 1 saturated heterocycles. The fourth-order valence-corrected chi connectivity index (χ4v) is 7.90. The van der Waals surface area contributed by atoms with Crippen molar-refractivity contribution in [2.45, 2.75) is 22.7 Å². The summed E-state index contributed by atoms with van der Waals surface area (Å²) < 4.78 is 6.57. The Morgan fingerprint density at radius 1 is 0.897 bits per heavy atom. The number of carbonyl (C=O) groups excluding carboxylic acids is 3. The zero-order chi connectivity index (χ0) is 27.1. The van der Waals surface area contributed by atoms with Crippen molar-refractivity contribution in [2.24, 2.45) is 5.92 Å². The van der Waals surface area contributed by atoms with Crippen molar-refractivity contribution in [3.63, 3.8) is 0 Å². The van der Waals surface area contributed by atoms with Crippen LogP contribution < -0.4 is 19.8 Å². The number of thioether (sulfide) groups is 1. The predicted molar refractivity (Wildman–Crippen MR) is 151 cm³/mol. The summed E-state index contributed by atoms with van der Waals surface area (Å²) >= 11 is 2.23. The SMILES string of the molecule is COc1ccc(NC(=O)Cn2c3c(sc2=O)C(c2ccccc2)C2C(=O)N(c4ccccc4)C(=O)C2S3)cc1. The molecular weight excluding hydrogens is 534 g/mol. The molecule has 1 N–H and O–H groups in total. The van der Waals surface area contributed by atoms with Gasteiger partial charge in [-0.3, -0.25) is 23.7 Å². The van der Waals surface area contributed by atoms with Gasteiger partial charge in [0, 0.05) is 16.5 Å². The molecule has 0 spiro atoms. The number of aromatic nitrogens is 1. The molecule has 0 bridgehead atoms. The van der Waals surface area contributed by atoms with Crippen LogP contribution in [-0.4, -0.2) is 34.6 Å². The molecule has 3 unspecified atom stereocenters. The molecule has 3 atom stereocenters. The summed E-state index contributed by atoms with van der Waals surface area (Å²) in [4.78, 5) is 55.3. The molecule has 10 heteroatoms. The second-order valence-corrected chi connectivity index (χ2v) is 11.3. The van der Waals surface area contributed by atoms with E-state index in [-0.39, 0.29) is 29.1 Å². The Labute approximate surface area is 232 Å². The quantitative estimate of drug-likeness (QED) is 0.354. The van der Waals surface area contributed by atoms with E-state index in [1.165, 1.54) is 21.2 Å². The zero-order valence-corrected chi connectivity index (χ0v) is 22.4. The lowest BCUT2D eigenvalue weighted by atomic mass is 9.83. The summed E-state index contributed by atoms with van der Waals surface area (Å²) in [7, 11) is 1.56. The van der Waals surface area contributed by atoms with Crippen molar-refractivity contribution in [1.29, 1.82) is 0 Å². The first-order valence-corrected chi connectivity index (χ1v) is 14.0. The third-order valence-electron chi connectivity index (χ3n) is 6.90. The second kappa shape index (κ2) is 10.2. The predicted octanol–water partition coefficient (Wildman–Crippen LogP) is 4.35. The topological polar surface area (TPSA) is 97.7 Å². The summed E-state index contributed by atoms with van der Waals surface area (Å²) in [5, 5.41) is 2.65. The number of hydrogen-bond donors (Lipinski definition) is 1. The Balaban J connectivity index is 1.37. The van der Waals surface area contributed by atoms with E-state index >= 15 is 0 Å². The van der Waals surface area contributed by atoms with Crippen molar-refractivity contribution in [1.82, 2.24) is 4.57 Å². The summed E-state index contributed by atoms with van der Waals surface area (Å²) in [5.74, 6) is -1.47. The zero-order valence-electron chi connectivity index (χ0n) is 20.8. The first-order valence-electron chi connectivity index (χ1n) is 12.3. The number of thiazole rings is 1. The average molecular weight is 558 g/mol. The lowest BCUT2D eigenvalue weighted by Crippen LogP contribution is -2.33. The Bertz CT molecular complexity index is 1620. The Morgan fingerprint density at radius 3 is 2.23 bits per heavy atom. The molecule has 4 aromatic rings. The maximum atomic E-state index is 13.8. The average Bonchev–Trinajstić information content (AvgIpc) is 3.40. The number of imide groups is 1. The molecule has 8 nitrogen and oxygen atoms in total. The fourth-order valence-electron chi connectivity index (χ4n) is 5.12. The van der Waals surface area contributed by atoms with Crippen LogP contribution in [0.5, 0.6) is 5.75 Å². The molecule has 6 rings (SSSR count). The highest BCUT2D eigenvalue weighted by Crippen LogP contribution is 2.53. The number of carbonyl (C=O) groups is 3. The number of nitrogens with zero attached hydrogens (tertiary/aromatic N) is 2. The Kier molecular flexibility index (Phi) is 6.58. The molecule has 3 amide bonds. The number of methoxy groups -OCH3 is 1. The lowest BCUT2D eigenvalue weighted by molar-refractivity contribution is -0.122. The van der Waals surface area contributed by atoms with Crippen LogP contribution in [0.15, 0.2) is 94.7 Å². The lowest BCUT2D eigenvalue weighted by Gasteiger charge is -2.30. The molecule has 2 aliphatic heterocycles. The van der Waals surface area contributed by atoms with E-state index in [9.17, 15) is 19.2 Å². The number of anilines is 2. The first kappa shape index (κ1) is 25.1. The third-order valence-corrected chi connectivity index (χ3v) is 9.50. The van der Waals surface area contributed by atoms with Gasteiger partial charge >= 0.3 is 4.87 Å². The number of ether oxygens (including phenoxy) is 1. The summed E-state index contributed by atoms with van der Waals surface area (Å²) in [6.07, 6.45) is 0. The summed E-state index contributed by atoms with van der Waals surface area (Å²) in [5.41, 5.74) is 1.94. The van der Waals surface area contributed by atoms with Crippen molar-refractivity contribution in [2.75, 3.05) is 17.3 Å². The van der Waals surface area contributed by atoms with Gasteiger partial charge in [-0.2, -0.15) is 0 Å². The maximum Gasteiger partial charge on any atom is 0.308 e. The van der Waals surface area contributed by atoms with Crippen molar-refractivity contribution < 1.29 is 19.1 Å². The van der Waals surface area contributed by atoms with E-state index in [1.54, 1.807) is 55.6 Å². The molecule has 3 heterocycles. The summed E-state index contributed by atoms with van der Waals surface area (Å²) in [6.45, 7) is -0.215. The molecule has 2 aliphatic rings. The van der Waals surface area contributed by atoms with Gasteiger partial charge in [0.2, 0.25) is 17.7 Å². The van der Waals surface area contributed by atoms with Crippen LogP contribution in [0.1, 0.15) is 16.4 Å². The Morgan fingerprint density at radius 2 is 1.56 bits per heavy atom. The van der Waals surface area contributed by atoms with Crippen LogP contribution in [0.2, 0.25) is 0 Å². The number of para-hydroxylation sites is 1. The van der Waals surface area contributed by atoms with E-state index in [0.29, 0.717) is 27.0 Å². The largest absolute Gasteiger partial charge is 0.497 e. The van der Waals surface area contributed by atoms with Gasteiger partial charge in [-0.25, -0.2) is 4.90 Å². The van der Waals surface area contributed by atoms with E-state index < -0.39 is 17.1 Å². The van der Waals surface area contributed by atoms with E-state index in [2.05, 4.69) is 5.32 Å². The van der Waals surface area contributed by atoms with Gasteiger partial charge in [-0.15, -0.1) is 0 Å². The van der Waals surface area contributed by atoms with E-state index in [0.717, 1.165) is 16.9 Å². The number of rotatable bonds is 6. The van der Waals surface area contributed by atoms with Crippen LogP contribution in [-0.2, 0) is 20.9 Å². The highest BCUT2D eigenvalue weighted by molar-refractivity contribution is 8.00. The minimum absolute atomic E-state index is 0.215. The minimum Gasteiger partial charge on any atom is -0.497 e. The van der Waals surface area contributed by atoms with Gasteiger partial charge in [0.1, 0.15) is 17.5 Å². The number of nitrogens with one attached hydrogen (secondary N) is 1. The van der Waals surface area contributed by atoms with Crippen LogP contribution in [0.3, 0.4) is 0 Å². The molecule has 1 fully saturated rings. The van der Waals surface area contributed by atoms with Crippen LogP contribution in [0, 0.1) is 5.92 Å². The standard InChI is InChI=1S/C29H23N3O5S2/c1-37-20-14-12-18(13-15-20)30-21(33)16-31-28-25(39-29(31)36)22(17-8-4-2-5-9-17)23-24(38-28)27(35)32(26(23)34)19-10-6-3-7-11-19/h2-15,22-24H,16H2,1H3,(H,30,33). The van der Waals surface area contributed by atoms with Gasteiger partial charge < -0.3 is 10.1 Å². The highest BCUT2D eigenvalue weighted by Gasteiger charge is 2.56. The molecule has 0 aliphatic carbocycles. The molecule has 3 aromatic carbocycles. The maximum absolute atomic E-state index is 13.8. The van der Waals surface area contributed by atoms with Gasteiger partial charge in [0.15, 0.2) is 0 Å². The number of benzene rings is 3. The summed E-state index contributed by atoms with van der Waals surface area (Å²) in [6, 6.07) is 25.2. The Hall–Kier alpha value is -4.15. The first-order chi connectivity index (χ1) is 19.0. The third kappa shape index (κ3) is 4.45. The number of hydrogen-bond acceptors (Lipinski definition) is 7. The van der Waals surface area contributed by atoms with Crippen LogP contribution in [0.25, 0.3) is 0 Å². The van der Waals surface area contributed by atoms with E-state index in [1.807, 2.05) is 36.4 Å². The molecule has 196 valence electrons. The molecule has 39 heavy (non-hydrogen) atoms. The minimum atomic E-state index is -0.722.